The molecule has 3 heterocycles. The molecule has 3 rings (SSSR count). The summed E-state index contributed by atoms with van der Waals surface area (Å²) in [5.74, 6) is -4.26. The second kappa shape index (κ2) is 6.99. The van der Waals surface area contributed by atoms with Gasteiger partial charge < -0.3 is 39.4 Å². The summed E-state index contributed by atoms with van der Waals surface area (Å²) in [6, 6.07) is 0. The smallest absolute Gasteiger partial charge is 0.322 e. The van der Waals surface area contributed by atoms with E-state index in [4.69, 9.17) is 28.8 Å². The molecular formula is C16H24N2O9. The van der Waals surface area contributed by atoms with Crippen LogP contribution in [0.4, 0.5) is 0 Å². The number of aliphatic carboxylic acids is 1. The molecule has 11 heteroatoms. The Balaban J connectivity index is 1.66. The summed E-state index contributed by atoms with van der Waals surface area (Å²) in [6.45, 7) is 5.96. The third kappa shape index (κ3) is 4.38. The molecule has 5 atom stereocenters. The van der Waals surface area contributed by atoms with Gasteiger partial charge in [-0.3, -0.25) is 14.4 Å². The molecule has 3 aliphatic rings. The average molecular weight is 388 g/mol. The number of ether oxygens (including phenoxy) is 5. The molecule has 0 radical (unpaired) electrons. The third-order valence-electron chi connectivity index (χ3n) is 4.27. The minimum atomic E-state index is -1.18. The Morgan fingerprint density at radius 1 is 0.852 bits per heavy atom. The van der Waals surface area contributed by atoms with Crippen molar-refractivity contribution >= 4 is 17.8 Å². The molecule has 3 saturated heterocycles. The van der Waals surface area contributed by atoms with Gasteiger partial charge in [0.2, 0.25) is 5.91 Å². The van der Waals surface area contributed by atoms with Crippen LogP contribution in [-0.2, 0) is 38.1 Å². The van der Waals surface area contributed by atoms with E-state index in [1.165, 1.54) is 0 Å². The molecule has 3 N–H and O–H groups in total. The highest BCUT2D eigenvalue weighted by molar-refractivity contribution is 5.88. The van der Waals surface area contributed by atoms with Crippen molar-refractivity contribution in [3.63, 3.8) is 0 Å². The van der Waals surface area contributed by atoms with E-state index in [1.807, 2.05) is 0 Å². The highest BCUT2D eigenvalue weighted by atomic mass is 16.9. The van der Waals surface area contributed by atoms with Gasteiger partial charge in [-0.1, -0.05) is 0 Å². The topological polar surface area (TPSA) is 142 Å². The van der Waals surface area contributed by atoms with Gasteiger partial charge in [0, 0.05) is 0 Å². The molecule has 152 valence electrons. The van der Waals surface area contributed by atoms with Crippen LogP contribution < -0.4 is 10.6 Å². The monoisotopic (exact) mass is 388 g/mol. The van der Waals surface area contributed by atoms with Crippen LogP contribution in [0.2, 0.25) is 0 Å². The number of carboxylic acid groups (broad SMARTS) is 1. The van der Waals surface area contributed by atoms with E-state index >= 15 is 0 Å². The molecule has 0 aliphatic carbocycles. The fourth-order valence-corrected chi connectivity index (χ4v) is 3.33. The molecule has 0 saturated carbocycles. The molecule has 2 amide bonds. The summed E-state index contributed by atoms with van der Waals surface area (Å²) in [4.78, 5) is 34.6. The van der Waals surface area contributed by atoms with E-state index in [2.05, 4.69) is 10.6 Å². The third-order valence-corrected chi connectivity index (χ3v) is 4.27. The summed E-state index contributed by atoms with van der Waals surface area (Å²) in [5, 5.41) is 13.1. The molecule has 0 aromatic rings. The first-order valence-electron chi connectivity index (χ1n) is 8.60. The zero-order chi connectivity index (χ0) is 20.0. The lowest BCUT2D eigenvalue weighted by Crippen LogP contribution is -2.60. The fourth-order valence-electron chi connectivity index (χ4n) is 3.33. The molecule has 11 nitrogen and oxygen atoms in total. The number of fused-ring (bicyclic) bond motifs is 3. The van der Waals surface area contributed by atoms with Crippen LogP contribution in [0.25, 0.3) is 0 Å². The predicted molar refractivity (Wildman–Crippen MR) is 86.2 cm³/mol. The molecule has 0 aromatic heterocycles. The lowest BCUT2D eigenvalue weighted by Gasteiger charge is -2.36. The molecule has 3 aliphatic heterocycles. The van der Waals surface area contributed by atoms with Crippen molar-refractivity contribution in [2.24, 2.45) is 0 Å². The van der Waals surface area contributed by atoms with E-state index < -0.39 is 73.2 Å². The van der Waals surface area contributed by atoms with Gasteiger partial charge in [0.1, 0.15) is 24.9 Å². The Morgan fingerprint density at radius 2 is 1.44 bits per heavy atom. The van der Waals surface area contributed by atoms with Crippen LogP contribution >= 0.6 is 0 Å². The average Bonchev–Trinajstić information content (AvgIpc) is 3.03. The second-order valence-corrected chi connectivity index (χ2v) is 7.48. The van der Waals surface area contributed by atoms with Crippen LogP contribution in [0.3, 0.4) is 0 Å². The summed E-state index contributed by atoms with van der Waals surface area (Å²) in [7, 11) is 0. The van der Waals surface area contributed by atoms with Gasteiger partial charge in [-0.05, 0) is 27.7 Å². The minimum absolute atomic E-state index is 0.398. The van der Waals surface area contributed by atoms with Gasteiger partial charge in [-0.2, -0.15) is 0 Å². The lowest BCUT2D eigenvalue weighted by molar-refractivity contribution is -0.231. The molecule has 0 spiro atoms. The summed E-state index contributed by atoms with van der Waals surface area (Å²) >= 11 is 0. The van der Waals surface area contributed by atoms with Crippen molar-refractivity contribution in [2.45, 2.75) is 70.0 Å². The molecule has 0 bridgehead atoms. The second-order valence-electron chi connectivity index (χ2n) is 7.48. The quantitative estimate of drug-likeness (QED) is 0.524. The van der Waals surface area contributed by atoms with Crippen LogP contribution in [0, 0.1) is 0 Å². The van der Waals surface area contributed by atoms with Gasteiger partial charge in [0.05, 0.1) is 6.54 Å². The van der Waals surface area contributed by atoms with Crippen LogP contribution in [0.15, 0.2) is 0 Å². The number of rotatable bonds is 5. The summed E-state index contributed by atoms with van der Waals surface area (Å²) < 4.78 is 29.0. The maximum Gasteiger partial charge on any atom is 0.322 e. The van der Waals surface area contributed by atoms with Crippen LogP contribution in [0.1, 0.15) is 27.7 Å². The van der Waals surface area contributed by atoms with Crippen molar-refractivity contribution in [3.8, 4) is 0 Å². The number of amides is 2. The Morgan fingerprint density at radius 3 is 2.11 bits per heavy atom. The van der Waals surface area contributed by atoms with Crippen molar-refractivity contribution in [1.82, 2.24) is 10.6 Å². The standard InChI is InChI=1S/C16H24N2O9/c1-15(2)24-9-10(25-15)12-14(27-16(3,4)26-12)23-11(9)13(22)18-5-7(19)17-6-8(20)21/h9-12,14H,5-6H2,1-4H3,(H,17,19)(H,18,22)(H,20,21)/t9-,10-,11-,12-,14+/m1/s1. The predicted octanol–water partition coefficient (Wildman–Crippen LogP) is -1.30. The van der Waals surface area contributed by atoms with Crippen molar-refractivity contribution in [1.29, 1.82) is 0 Å². The van der Waals surface area contributed by atoms with E-state index in [0.29, 0.717) is 0 Å². The van der Waals surface area contributed by atoms with Crippen molar-refractivity contribution < 1.29 is 43.2 Å². The zero-order valence-corrected chi connectivity index (χ0v) is 15.5. The van der Waals surface area contributed by atoms with Gasteiger partial charge in [-0.25, -0.2) is 0 Å². The SMILES string of the molecule is CC1(C)O[C@@H]2[C@@H](O1)[C@H](C(=O)NCC(=O)NCC(=O)O)O[C@H]1OC(C)(C)O[C@@H]12. The highest BCUT2D eigenvalue weighted by Gasteiger charge is 2.62. The first kappa shape index (κ1) is 20.0. The van der Waals surface area contributed by atoms with Crippen molar-refractivity contribution in [2.75, 3.05) is 13.1 Å². The zero-order valence-electron chi connectivity index (χ0n) is 15.5. The largest absolute Gasteiger partial charge is 0.480 e. The molecule has 0 unspecified atom stereocenters. The van der Waals surface area contributed by atoms with Crippen LogP contribution in [-0.4, -0.2) is 78.3 Å². The van der Waals surface area contributed by atoms with Crippen LogP contribution in [0.5, 0.6) is 0 Å². The van der Waals surface area contributed by atoms with Gasteiger partial charge >= 0.3 is 5.97 Å². The normalized spacial score (nSPS) is 35.8. The maximum atomic E-state index is 12.6. The summed E-state index contributed by atoms with van der Waals surface area (Å²) in [5.41, 5.74) is 0. The van der Waals surface area contributed by atoms with Gasteiger partial charge in [0.15, 0.2) is 24.0 Å². The molecule has 3 fully saturated rings. The van der Waals surface area contributed by atoms with Gasteiger partial charge in [0.25, 0.3) is 5.91 Å². The Kier molecular flexibility index (Phi) is 5.16. The van der Waals surface area contributed by atoms with Gasteiger partial charge in [-0.15, -0.1) is 0 Å². The highest BCUT2D eigenvalue weighted by Crippen LogP contribution is 2.44. The van der Waals surface area contributed by atoms with E-state index in [9.17, 15) is 14.4 Å². The van der Waals surface area contributed by atoms with E-state index in [-0.39, 0.29) is 0 Å². The first-order chi connectivity index (χ1) is 12.5. The number of hydrogen-bond donors (Lipinski definition) is 3. The Bertz CT molecular complexity index is 635. The maximum absolute atomic E-state index is 12.6. The Labute approximate surface area is 155 Å². The van der Waals surface area contributed by atoms with E-state index in [0.717, 1.165) is 0 Å². The lowest BCUT2D eigenvalue weighted by atomic mass is 9.98. The number of carbonyl (C=O) groups is 3. The number of hydrogen-bond acceptors (Lipinski definition) is 8. The van der Waals surface area contributed by atoms with Crippen molar-refractivity contribution in [3.05, 3.63) is 0 Å². The molecule has 0 aromatic carbocycles. The number of carbonyl (C=O) groups excluding carboxylic acids is 2. The summed E-state index contributed by atoms with van der Waals surface area (Å²) in [6.07, 6.45) is -3.80. The number of nitrogens with one attached hydrogen (secondary N) is 2. The number of carboxylic acids is 1. The Hall–Kier alpha value is -1.79. The molecular weight excluding hydrogens is 364 g/mol. The molecule has 27 heavy (non-hydrogen) atoms. The fraction of sp³-hybridized carbons (Fsp3) is 0.812. The minimum Gasteiger partial charge on any atom is -0.480 e. The van der Waals surface area contributed by atoms with E-state index in [1.54, 1.807) is 27.7 Å². The first-order valence-corrected chi connectivity index (χ1v) is 8.60.